The molecular weight excluding hydrogens is 609 g/mol. The summed E-state index contributed by atoms with van der Waals surface area (Å²) < 4.78 is 8.74. The van der Waals surface area contributed by atoms with Crippen LogP contribution in [0.3, 0.4) is 0 Å². The van der Waals surface area contributed by atoms with Gasteiger partial charge in [-0.3, -0.25) is 0 Å². The van der Waals surface area contributed by atoms with Crippen LogP contribution in [0.15, 0.2) is 138 Å². The molecule has 3 heteroatoms. The molecule has 2 aromatic heterocycles. The zero-order valence-electron chi connectivity index (χ0n) is 28.9. The predicted molar refractivity (Wildman–Crippen MR) is 209 cm³/mol. The second kappa shape index (κ2) is 12.0. The fourth-order valence-corrected chi connectivity index (χ4v) is 7.78. The fourth-order valence-electron chi connectivity index (χ4n) is 7.78. The van der Waals surface area contributed by atoms with E-state index in [0.717, 1.165) is 42.3 Å². The number of para-hydroxylation sites is 1. The van der Waals surface area contributed by atoms with E-state index in [1.165, 1.54) is 66.8 Å². The number of nitrogens with zero attached hydrogens (tertiary/aromatic N) is 2. The Morgan fingerprint density at radius 2 is 1.38 bits per heavy atom. The normalized spacial score (nSPS) is 14.5. The van der Waals surface area contributed by atoms with Gasteiger partial charge in [-0.25, -0.2) is 4.98 Å². The molecule has 2 heterocycles. The smallest absolute Gasteiger partial charge is 0.227 e. The van der Waals surface area contributed by atoms with E-state index in [1.807, 2.05) is 0 Å². The minimum atomic E-state index is 0.0548. The van der Waals surface area contributed by atoms with Crippen LogP contribution in [0.1, 0.15) is 68.0 Å². The summed E-state index contributed by atoms with van der Waals surface area (Å²) in [5.74, 6) is 0.661. The lowest BCUT2D eigenvalue weighted by Gasteiger charge is -2.20. The van der Waals surface area contributed by atoms with Crippen LogP contribution in [0.2, 0.25) is 0 Å². The molecule has 0 N–H and O–H groups in total. The zero-order valence-corrected chi connectivity index (χ0v) is 28.9. The molecule has 2 aliphatic carbocycles. The Kier molecular flexibility index (Phi) is 7.31. The summed E-state index contributed by atoms with van der Waals surface area (Å²) >= 11 is 0. The maximum atomic E-state index is 6.28. The van der Waals surface area contributed by atoms with Gasteiger partial charge in [0.25, 0.3) is 0 Å². The first-order valence-electron chi connectivity index (χ1n) is 17.8. The molecule has 0 spiro atoms. The number of hydrogen-bond donors (Lipinski definition) is 0. The van der Waals surface area contributed by atoms with Gasteiger partial charge in [-0.2, -0.15) is 0 Å². The van der Waals surface area contributed by atoms with E-state index in [9.17, 15) is 0 Å². The van der Waals surface area contributed by atoms with E-state index in [4.69, 9.17) is 9.40 Å². The molecular formula is C47H40N2O. The lowest BCUT2D eigenvalue weighted by Crippen LogP contribution is -2.10. The third kappa shape index (κ3) is 5.25. The monoisotopic (exact) mass is 648 g/mol. The third-order valence-electron chi connectivity index (χ3n) is 10.4. The maximum Gasteiger partial charge on any atom is 0.227 e. The van der Waals surface area contributed by atoms with Gasteiger partial charge in [0.05, 0.1) is 5.52 Å². The highest BCUT2D eigenvalue weighted by molar-refractivity contribution is 6.02. The average molecular weight is 649 g/mol. The number of oxazole rings is 1. The van der Waals surface area contributed by atoms with E-state index < -0.39 is 0 Å². The van der Waals surface area contributed by atoms with E-state index in [2.05, 4.69) is 165 Å². The van der Waals surface area contributed by atoms with Crippen LogP contribution >= 0.6 is 0 Å². The topological polar surface area (TPSA) is 31.0 Å². The molecule has 0 fully saturated rings. The van der Waals surface area contributed by atoms with Gasteiger partial charge in [-0.15, -0.1) is 0 Å². The van der Waals surface area contributed by atoms with Gasteiger partial charge >= 0.3 is 0 Å². The van der Waals surface area contributed by atoms with E-state index in [1.54, 1.807) is 0 Å². The lowest BCUT2D eigenvalue weighted by molar-refractivity contribution is 0.584. The summed E-state index contributed by atoms with van der Waals surface area (Å²) in [6.45, 7) is 6.66. The summed E-state index contributed by atoms with van der Waals surface area (Å²) in [6, 6.07) is 41.9. The average Bonchev–Trinajstić information content (AvgIpc) is 3.74. The van der Waals surface area contributed by atoms with E-state index >= 15 is 0 Å². The van der Waals surface area contributed by atoms with Gasteiger partial charge in [-0.05, 0) is 119 Å². The van der Waals surface area contributed by atoms with Gasteiger partial charge in [0.1, 0.15) is 5.52 Å². The molecule has 0 aliphatic heterocycles. The van der Waals surface area contributed by atoms with Crippen LogP contribution in [-0.4, -0.2) is 9.55 Å². The molecule has 50 heavy (non-hydrogen) atoms. The first-order valence-corrected chi connectivity index (χ1v) is 17.8. The number of fused-ring (bicyclic) bond motifs is 4. The number of benzene rings is 5. The molecule has 2 aliphatic rings. The quantitative estimate of drug-likeness (QED) is 0.186. The van der Waals surface area contributed by atoms with Crippen LogP contribution in [0.25, 0.3) is 67.5 Å². The van der Waals surface area contributed by atoms with Crippen molar-refractivity contribution in [2.75, 3.05) is 0 Å². The highest BCUT2D eigenvalue weighted by atomic mass is 16.3. The standard InChI is InChI=1S/C47H40N2O/c1-47(2,3)34-26-27-42-45(30-34)50-46(48-42)32-23-21-31(22-24-32)36-15-7-9-17-38(36)39-18-10-8-16-37(39)33-25-28-44-41(29-33)40-19-11-12-20-43(40)49(44)35-13-5-4-6-14-35/h4-6,8-11,13-14,16-19,21-30H,7,12,15,20H2,1-3H3. The van der Waals surface area contributed by atoms with Crippen molar-refractivity contribution in [3.05, 3.63) is 161 Å². The Morgan fingerprint density at radius 1 is 0.660 bits per heavy atom. The van der Waals surface area contributed by atoms with Crippen molar-refractivity contribution in [2.45, 2.75) is 51.9 Å². The highest BCUT2D eigenvalue weighted by Crippen LogP contribution is 2.42. The second-order valence-electron chi connectivity index (χ2n) is 14.6. The number of aromatic nitrogens is 2. The Morgan fingerprint density at radius 3 is 2.20 bits per heavy atom. The molecule has 3 nitrogen and oxygen atoms in total. The molecule has 244 valence electrons. The van der Waals surface area contributed by atoms with Crippen molar-refractivity contribution >= 4 is 39.2 Å². The number of allylic oxidation sites excluding steroid dienone is 5. The SMILES string of the molecule is CC(C)(C)c1ccc2nc(-c3ccc(C4=C(c5ccccc5-c5ccc6c(c5)c5c(n6-c6ccccc6)CCC=C5)C=CCC4)cc3)oc2c1. The van der Waals surface area contributed by atoms with Crippen molar-refractivity contribution in [2.24, 2.45) is 0 Å². The molecule has 0 amide bonds. The van der Waals surface area contributed by atoms with Crippen molar-refractivity contribution in [3.63, 3.8) is 0 Å². The van der Waals surface area contributed by atoms with Crippen LogP contribution in [0.4, 0.5) is 0 Å². The van der Waals surface area contributed by atoms with Crippen molar-refractivity contribution in [1.29, 1.82) is 0 Å². The maximum absolute atomic E-state index is 6.28. The Bertz CT molecular complexity index is 2500. The summed E-state index contributed by atoms with van der Waals surface area (Å²) in [6.07, 6.45) is 13.4. The van der Waals surface area contributed by atoms with Crippen LogP contribution < -0.4 is 0 Å². The summed E-state index contributed by atoms with van der Waals surface area (Å²) in [5, 5.41) is 1.31. The van der Waals surface area contributed by atoms with Crippen LogP contribution in [0, 0.1) is 0 Å². The molecule has 0 unspecified atom stereocenters. The third-order valence-corrected chi connectivity index (χ3v) is 10.4. The van der Waals surface area contributed by atoms with Crippen LogP contribution in [0.5, 0.6) is 0 Å². The minimum absolute atomic E-state index is 0.0548. The molecule has 5 aromatic carbocycles. The fraction of sp³-hybridized carbons (Fsp3) is 0.170. The Balaban J connectivity index is 1.11. The van der Waals surface area contributed by atoms with Crippen molar-refractivity contribution in [1.82, 2.24) is 9.55 Å². The van der Waals surface area contributed by atoms with Gasteiger partial charge in [0.15, 0.2) is 5.58 Å². The van der Waals surface area contributed by atoms with Crippen LogP contribution in [-0.2, 0) is 11.8 Å². The number of rotatable bonds is 5. The number of hydrogen-bond acceptors (Lipinski definition) is 2. The molecule has 0 saturated heterocycles. The Hall–Kier alpha value is -5.67. The van der Waals surface area contributed by atoms with Gasteiger partial charge < -0.3 is 8.98 Å². The molecule has 0 bridgehead atoms. The Labute approximate surface area is 293 Å². The van der Waals surface area contributed by atoms with E-state index in [0.29, 0.717) is 5.89 Å². The molecule has 9 rings (SSSR count). The highest BCUT2D eigenvalue weighted by Gasteiger charge is 2.22. The van der Waals surface area contributed by atoms with Gasteiger partial charge in [-0.1, -0.05) is 112 Å². The van der Waals surface area contributed by atoms with Crippen molar-refractivity contribution < 1.29 is 4.42 Å². The zero-order chi connectivity index (χ0) is 33.8. The van der Waals surface area contributed by atoms with Crippen molar-refractivity contribution in [3.8, 4) is 28.3 Å². The molecule has 0 saturated carbocycles. The lowest BCUT2D eigenvalue weighted by atomic mass is 9.84. The first kappa shape index (κ1) is 30.4. The van der Waals surface area contributed by atoms with Gasteiger partial charge in [0.2, 0.25) is 5.89 Å². The largest absolute Gasteiger partial charge is 0.436 e. The molecule has 7 aromatic rings. The summed E-state index contributed by atoms with van der Waals surface area (Å²) in [7, 11) is 0. The van der Waals surface area contributed by atoms with E-state index in [-0.39, 0.29) is 5.41 Å². The minimum Gasteiger partial charge on any atom is -0.436 e. The second-order valence-corrected chi connectivity index (χ2v) is 14.6. The molecule has 0 radical (unpaired) electrons. The first-order chi connectivity index (χ1) is 24.4. The predicted octanol–water partition coefficient (Wildman–Crippen LogP) is 12.6. The molecule has 0 atom stereocenters. The summed E-state index contributed by atoms with van der Waals surface area (Å²) in [4.78, 5) is 4.83. The van der Waals surface area contributed by atoms with Gasteiger partial charge in [0, 0.05) is 27.9 Å². The summed E-state index contributed by atoms with van der Waals surface area (Å²) in [5.41, 5.74) is 16.9.